The van der Waals surface area contributed by atoms with Crippen LogP contribution in [0.1, 0.15) is 22.8 Å². The second kappa shape index (κ2) is 9.39. The van der Waals surface area contributed by atoms with E-state index in [0.717, 1.165) is 5.56 Å². The van der Waals surface area contributed by atoms with Gasteiger partial charge in [-0.25, -0.2) is 8.42 Å². The van der Waals surface area contributed by atoms with E-state index in [2.05, 4.69) is 0 Å². The third-order valence-corrected chi connectivity index (χ3v) is 6.80. The van der Waals surface area contributed by atoms with Crippen molar-refractivity contribution in [1.82, 2.24) is 9.21 Å². The largest absolute Gasteiger partial charge is 0.495 e. The van der Waals surface area contributed by atoms with E-state index in [0.29, 0.717) is 31.9 Å². The van der Waals surface area contributed by atoms with Crippen molar-refractivity contribution in [2.75, 3.05) is 40.0 Å². The number of morpholine rings is 1. The van der Waals surface area contributed by atoms with Crippen LogP contribution in [-0.4, -0.2) is 63.5 Å². The van der Waals surface area contributed by atoms with Gasteiger partial charge in [0.25, 0.3) is 5.91 Å². The summed E-state index contributed by atoms with van der Waals surface area (Å²) in [4.78, 5) is 14.8. The van der Waals surface area contributed by atoms with Crippen LogP contribution in [0, 0.1) is 0 Å². The maximum Gasteiger partial charge on any atom is 0.254 e. The van der Waals surface area contributed by atoms with Gasteiger partial charge in [0, 0.05) is 31.7 Å². The molecular formula is C21H26N2O5S. The minimum absolute atomic E-state index is 0.00325. The van der Waals surface area contributed by atoms with Gasteiger partial charge in [-0.3, -0.25) is 4.79 Å². The normalized spacial score (nSPS) is 15.1. The van der Waals surface area contributed by atoms with Gasteiger partial charge >= 0.3 is 0 Å². The number of nitrogens with zero attached hydrogens (tertiary/aromatic N) is 2. The van der Waals surface area contributed by atoms with Crippen LogP contribution < -0.4 is 4.74 Å². The first-order valence-corrected chi connectivity index (χ1v) is 11.0. The minimum atomic E-state index is -3.79. The Hall–Kier alpha value is -2.42. The van der Waals surface area contributed by atoms with Crippen LogP contribution in [0.5, 0.6) is 5.75 Å². The molecule has 0 saturated carbocycles. The summed E-state index contributed by atoms with van der Waals surface area (Å²) in [6, 6.07) is 14.2. The third-order valence-electron chi connectivity index (χ3n) is 4.88. The number of rotatable bonds is 7. The van der Waals surface area contributed by atoms with Gasteiger partial charge in [0.05, 0.1) is 20.3 Å². The summed E-state index contributed by atoms with van der Waals surface area (Å²) in [6.45, 7) is 4.11. The lowest BCUT2D eigenvalue weighted by atomic mass is 10.1. The van der Waals surface area contributed by atoms with Gasteiger partial charge in [0.15, 0.2) is 0 Å². The Balaban J connectivity index is 1.91. The first kappa shape index (κ1) is 21.3. The number of benzene rings is 2. The molecule has 0 aliphatic carbocycles. The maximum atomic E-state index is 13.1. The number of hydrogen-bond acceptors (Lipinski definition) is 5. The van der Waals surface area contributed by atoms with Gasteiger partial charge in [-0.15, -0.1) is 0 Å². The summed E-state index contributed by atoms with van der Waals surface area (Å²) < 4.78 is 38.2. The van der Waals surface area contributed by atoms with Crippen LogP contribution in [-0.2, 0) is 21.3 Å². The average Bonchev–Trinajstić information content (AvgIpc) is 2.77. The van der Waals surface area contributed by atoms with E-state index in [1.165, 1.54) is 23.5 Å². The summed E-state index contributed by atoms with van der Waals surface area (Å²) in [5, 5.41) is 0. The van der Waals surface area contributed by atoms with Crippen LogP contribution in [0.25, 0.3) is 0 Å². The molecule has 2 aromatic rings. The molecule has 0 spiro atoms. The molecule has 156 valence electrons. The van der Waals surface area contributed by atoms with Crippen LogP contribution in [0.3, 0.4) is 0 Å². The molecule has 0 N–H and O–H groups in total. The van der Waals surface area contributed by atoms with Crippen molar-refractivity contribution in [3.63, 3.8) is 0 Å². The van der Waals surface area contributed by atoms with E-state index in [1.807, 2.05) is 37.3 Å². The molecule has 0 radical (unpaired) electrons. The van der Waals surface area contributed by atoms with Crippen molar-refractivity contribution in [2.24, 2.45) is 0 Å². The summed E-state index contributed by atoms with van der Waals surface area (Å²) >= 11 is 0. The zero-order valence-electron chi connectivity index (χ0n) is 16.7. The molecule has 0 unspecified atom stereocenters. The molecule has 0 aromatic heterocycles. The van der Waals surface area contributed by atoms with Gasteiger partial charge in [-0.2, -0.15) is 4.31 Å². The Morgan fingerprint density at radius 3 is 2.45 bits per heavy atom. The number of carbonyl (C=O) groups is 1. The fourth-order valence-electron chi connectivity index (χ4n) is 3.25. The van der Waals surface area contributed by atoms with Crippen LogP contribution in [0.4, 0.5) is 0 Å². The molecule has 7 nitrogen and oxygen atoms in total. The van der Waals surface area contributed by atoms with Crippen molar-refractivity contribution in [3.05, 3.63) is 59.7 Å². The predicted octanol–water partition coefficient (Wildman–Crippen LogP) is 2.38. The Morgan fingerprint density at radius 1 is 1.14 bits per heavy atom. The van der Waals surface area contributed by atoms with E-state index in [-0.39, 0.29) is 29.6 Å². The van der Waals surface area contributed by atoms with E-state index < -0.39 is 10.0 Å². The number of hydrogen-bond donors (Lipinski definition) is 0. The van der Waals surface area contributed by atoms with Crippen molar-refractivity contribution < 1.29 is 22.7 Å². The fraction of sp³-hybridized carbons (Fsp3) is 0.381. The molecule has 1 fully saturated rings. The Kier molecular flexibility index (Phi) is 6.89. The molecule has 1 aliphatic heterocycles. The molecule has 1 aliphatic rings. The smallest absolute Gasteiger partial charge is 0.254 e. The van der Waals surface area contributed by atoms with Gasteiger partial charge in [-0.05, 0) is 30.7 Å². The number of amides is 1. The van der Waals surface area contributed by atoms with Crippen molar-refractivity contribution in [2.45, 2.75) is 18.4 Å². The molecular weight excluding hydrogens is 392 g/mol. The van der Waals surface area contributed by atoms with Gasteiger partial charge in [0.2, 0.25) is 10.0 Å². The lowest BCUT2D eigenvalue weighted by Gasteiger charge is -2.27. The molecule has 1 saturated heterocycles. The highest BCUT2D eigenvalue weighted by molar-refractivity contribution is 7.89. The molecule has 29 heavy (non-hydrogen) atoms. The zero-order chi connectivity index (χ0) is 20.9. The first-order valence-electron chi connectivity index (χ1n) is 9.56. The monoisotopic (exact) mass is 418 g/mol. The molecule has 1 heterocycles. The highest BCUT2D eigenvalue weighted by Gasteiger charge is 2.30. The number of methoxy groups -OCH3 is 1. The zero-order valence-corrected chi connectivity index (χ0v) is 17.5. The fourth-order valence-corrected chi connectivity index (χ4v) is 4.84. The summed E-state index contributed by atoms with van der Waals surface area (Å²) in [5.74, 6) is -0.00316. The van der Waals surface area contributed by atoms with E-state index in [1.54, 1.807) is 11.0 Å². The quantitative estimate of drug-likeness (QED) is 0.690. The predicted molar refractivity (Wildman–Crippen MR) is 109 cm³/mol. The summed E-state index contributed by atoms with van der Waals surface area (Å²) in [6.07, 6.45) is 0. The first-order chi connectivity index (χ1) is 14.0. The molecule has 0 bridgehead atoms. The Bertz CT molecular complexity index is 941. The van der Waals surface area contributed by atoms with Gasteiger partial charge < -0.3 is 14.4 Å². The molecule has 8 heteroatoms. The van der Waals surface area contributed by atoms with Gasteiger partial charge in [-0.1, -0.05) is 30.3 Å². The van der Waals surface area contributed by atoms with E-state index >= 15 is 0 Å². The minimum Gasteiger partial charge on any atom is -0.495 e. The highest BCUT2D eigenvalue weighted by Crippen LogP contribution is 2.29. The second-order valence-corrected chi connectivity index (χ2v) is 8.59. The van der Waals surface area contributed by atoms with Crippen molar-refractivity contribution in [3.8, 4) is 5.75 Å². The van der Waals surface area contributed by atoms with Crippen LogP contribution >= 0.6 is 0 Å². The topological polar surface area (TPSA) is 76.2 Å². The Labute approximate surface area is 171 Å². The Morgan fingerprint density at radius 2 is 1.83 bits per heavy atom. The SMILES string of the molecule is CCN(Cc1ccccc1)C(=O)c1ccc(OC)c(S(=O)(=O)N2CCOCC2)c1. The molecule has 0 atom stereocenters. The number of ether oxygens (including phenoxy) is 2. The van der Waals surface area contributed by atoms with Crippen molar-refractivity contribution in [1.29, 1.82) is 0 Å². The second-order valence-electron chi connectivity index (χ2n) is 6.69. The maximum absolute atomic E-state index is 13.1. The molecule has 2 aromatic carbocycles. The molecule has 1 amide bonds. The molecule has 3 rings (SSSR count). The lowest BCUT2D eigenvalue weighted by molar-refractivity contribution is 0.0728. The standard InChI is InChI=1S/C21H26N2O5S/c1-3-22(16-17-7-5-4-6-8-17)21(24)18-9-10-19(27-2)20(15-18)29(25,26)23-11-13-28-14-12-23/h4-10,15H,3,11-14,16H2,1-2H3. The average molecular weight is 419 g/mol. The number of carbonyl (C=O) groups excluding carboxylic acids is 1. The number of sulfonamides is 1. The van der Waals surface area contributed by atoms with Crippen molar-refractivity contribution >= 4 is 15.9 Å². The summed E-state index contributed by atoms with van der Waals surface area (Å²) in [7, 11) is -2.37. The lowest BCUT2D eigenvalue weighted by Crippen LogP contribution is -2.40. The van der Waals surface area contributed by atoms with E-state index in [9.17, 15) is 13.2 Å². The van der Waals surface area contributed by atoms with Gasteiger partial charge in [0.1, 0.15) is 10.6 Å². The highest BCUT2D eigenvalue weighted by atomic mass is 32.2. The summed E-state index contributed by atoms with van der Waals surface area (Å²) in [5.41, 5.74) is 1.33. The van der Waals surface area contributed by atoms with Crippen LogP contribution in [0.15, 0.2) is 53.4 Å². The van der Waals surface area contributed by atoms with Crippen LogP contribution in [0.2, 0.25) is 0 Å². The third kappa shape index (κ3) is 4.77. The van der Waals surface area contributed by atoms with E-state index in [4.69, 9.17) is 9.47 Å².